The molecule has 0 spiro atoms. The summed E-state index contributed by atoms with van der Waals surface area (Å²) in [5, 5.41) is 16.4. The monoisotopic (exact) mass is 513 g/mol. The fourth-order valence-electron chi connectivity index (χ4n) is 2.91. The molecule has 2 N–H and O–H groups in total. The highest BCUT2D eigenvalue weighted by atomic mass is 79.9. The van der Waals surface area contributed by atoms with Crippen molar-refractivity contribution in [2.45, 2.75) is 13.3 Å². The molecule has 7 nitrogen and oxygen atoms in total. The Labute approximate surface area is 199 Å². The predicted molar refractivity (Wildman–Crippen MR) is 131 cm³/mol. The number of rotatable bonds is 7. The van der Waals surface area contributed by atoms with Crippen LogP contribution in [-0.4, -0.2) is 22.5 Å². The van der Waals surface area contributed by atoms with E-state index in [1.54, 1.807) is 31.2 Å². The van der Waals surface area contributed by atoms with Gasteiger partial charge in [-0.25, -0.2) is 0 Å². The van der Waals surface area contributed by atoms with Crippen LogP contribution in [0.3, 0.4) is 0 Å². The number of carbonyl (C=O) groups is 1. The van der Waals surface area contributed by atoms with Crippen molar-refractivity contribution in [3.05, 3.63) is 98.0 Å². The molecule has 3 aromatic rings. The van der Waals surface area contributed by atoms with Crippen LogP contribution in [0, 0.1) is 17.0 Å². The number of anilines is 1. The third-order valence-corrected chi connectivity index (χ3v) is 5.41. The summed E-state index contributed by atoms with van der Waals surface area (Å²) in [5.41, 5.74) is 2.78. The molecule has 1 amide bonds. The first-order chi connectivity index (χ1) is 15.3. The number of amides is 1. The number of carbonyl (C=O) groups excluding carboxylic acids is 1. The van der Waals surface area contributed by atoms with Crippen molar-refractivity contribution in [1.29, 1.82) is 0 Å². The van der Waals surface area contributed by atoms with Gasteiger partial charge in [0.1, 0.15) is 5.75 Å². The van der Waals surface area contributed by atoms with Crippen LogP contribution in [0.1, 0.15) is 21.5 Å². The molecule has 0 bridgehead atoms. The van der Waals surface area contributed by atoms with Crippen LogP contribution >= 0.6 is 28.1 Å². The zero-order valence-electron chi connectivity index (χ0n) is 17.1. The zero-order valence-corrected chi connectivity index (χ0v) is 19.5. The number of nitrogens with one attached hydrogen (secondary N) is 2. The largest absolute Gasteiger partial charge is 0.492 e. The van der Waals surface area contributed by atoms with E-state index in [0.29, 0.717) is 33.6 Å². The standard InChI is InChI=1S/C23H20BrN3O4S/c1-15-13-18(27(29)30)8-9-20(15)25-23(32)26-22(28)17-7-10-21(19(24)14-17)31-12-11-16-5-3-2-4-6-16/h2-10,13-14H,11-12H2,1H3,(H2,25,26,28,32). The average Bonchev–Trinajstić information content (AvgIpc) is 2.76. The molecule has 0 aliphatic rings. The number of thiocarbonyl (C=S) groups is 1. The first kappa shape index (κ1) is 23.4. The number of hydrogen-bond donors (Lipinski definition) is 2. The van der Waals surface area contributed by atoms with E-state index in [2.05, 4.69) is 26.6 Å². The summed E-state index contributed by atoms with van der Waals surface area (Å²) >= 11 is 8.65. The van der Waals surface area contributed by atoms with Crippen LogP contribution in [-0.2, 0) is 6.42 Å². The van der Waals surface area contributed by atoms with Crippen molar-refractivity contribution in [2.75, 3.05) is 11.9 Å². The molecule has 0 aromatic heterocycles. The maximum absolute atomic E-state index is 12.5. The van der Waals surface area contributed by atoms with E-state index in [-0.39, 0.29) is 10.8 Å². The summed E-state index contributed by atoms with van der Waals surface area (Å²) in [5.74, 6) is 0.248. The highest BCUT2D eigenvalue weighted by Gasteiger charge is 2.13. The van der Waals surface area contributed by atoms with Gasteiger partial charge in [-0.3, -0.25) is 20.2 Å². The number of ether oxygens (including phenoxy) is 1. The molecule has 9 heteroatoms. The number of non-ortho nitro benzene ring substituents is 1. The van der Waals surface area contributed by atoms with E-state index in [1.807, 2.05) is 30.3 Å². The van der Waals surface area contributed by atoms with E-state index in [4.69, 9.17) is 17.0 Å². The van der Waals surface area contributed by atoms with Crippen LogP contribution in [0.15, 0.2) is 71.2 Å². The van der Waals surface area contributed by atoms with Gasteiger partial charge in [-0.1, -0.05) is 30.3 Å². The van der Waals surface area contributed by atoms with Crippen molar-refractivity contribution in [3.63, 3.8) is 0 Å². The summed E-state index contributed by atoms with van der Waals surface area (Å²) in [7, 11) is 0. The minimum atomic E-state index is -0.468. The third-order valence-electron chi connectivity index (χ3n) is 4.58. The summed E-state index contributed by atoms with van der Waals surface area (Å²) in [4.78, 5) is 22.9. The Morgan fingerprint density at radius 3 is 2.53 bits per heavy atom. The summed E-state index contributed by atoms with van der Waals surface area (Å²) in [6.07, 6.45) is 0.775. The topological polar surface area (TPSA) is 93.5 Å². The van der Waals surface area contributed by atoms with Gasteiger partial charge in [0.2, 0.25) is 0 Å². The van der Waals surface area contributed by atoms with Gasteiger partial charge in [0.25, 0.3) is 11.6 Å². The molecule has 32 heavy (non-hydrogen) atoms. The number of halogens is 1. The fraction of sp³-hybridized carbons (Fsp3) is 0.130. The number of nitro groups is 1. The van der Waals surface area contributed by atoms with Crippen molar-refractivity contribution in [1.82, 2.24) is 5.32 Å². The lowest BCUT2D eigenvalue weighted by Gasteiger charge is -2.13. The number of benzene rings is 3. The van der Waals surface area contributed by atoms with Gasteiger partial charge < -0.3 is 10.1 Å². The normalized spacial score (nSPS) is 10.3. The van der Waals surface area contributed by atoms with Gasteiger partial charge in [0, 0.05) is 29.8 Å². The average molecular weight is 514 g/mol. The highest BCUT2D eigenvalue weighted by molar-refractivity contribution is 9.10. The second-order valence-corrected chi connectivity index (χ2v) is 8.16. The smallest absolute Gasteiger partial charge is 0.269 e. The second kappa shape index (κ2) is 10.8. The molecule has 3 rings (SSSR count). The first-order valence-corrected chi connectivity index (χ1v) is 10.9. The van der Waals surface area contributed by atoms with E-state index in [9.17, 15) is 14.9 Å². The fourth-order valence-corrected chi connectivity index (χ4v) is 3.61. The highest BCUT2D eigenvalue weighted by Crippen LogP contribution is 2.26. The Morgan fingerprint density at radius 1 is 1.12 bits per heavy atom. The predicted octanol–water partition coefficient (Wildman–Crippen LogP) is 5.41. The number of nitro benzene ring substituents is 1. The number of aryl methyl sites for hydroxylation is 1. The van der Waals surface area contributed by atoms with E-state index in [1.165, 1.54) is 17.7 Å². The molecule has 0 saturated carbocycles. The van der Waals surface area contributed by atoms with Crippen LogP contribution < -0.4 is 15.4 Å². The second-order valence-electron chi connectivity index (χ2n) is 6.89. The van der Waals surface area contributed by atoms with E-state index >= 15 is 0 Å². The maximum Gasteiger partial charge on any atom is 0.269 e. The lowest BCUT2D eigenvalue weighted by atomic mass is 10.2. The Bertz CT molecular complexity index is 1160. The van der Waals surface area contributed by atoms with Gasteiger partial charge >= 0.3 is 0 Å². The summed E-state index contributed by atoms with van der Waals surface area (Å²) in [6, 6.07) is 19.4. The molecule has 164 valence electrons. The van der Waals surface area contributed by atoms with Crippen molar-refractivity contribution >= 4 is 50.5 Å². The van der Waals surface area contributed by atoms with Gasteiger partial charge in [-0.2, -0.15) is 0 Å². The third kappa shape index (κ3) is 6.35. The molecule has 0 heterocycles. The minimum Gasteiger partial charge on any atom is -0.492 e. The lowest BCUT2D eigenvalue weighted by molar-refractivity contribution is -0.384. The van der Waals surface area contributed by atoms with Gasteiger partial charge in [0.15, 0.2) is 5.11 Å². The molecular formula is C23H20BrN3O4S. The summed E-state index contributed by atoms with van der Waals surface area (Å²) < 4.78 is 6.47. The quantitative estimate of drug-likeness (QED) is 0.249. The Balaban J connectivity index is 1.56. The molecule has 0 saturated heterocycles. The Hall–Kier alpha value is -3.30. The number of nitrogens with zero attached hydrogens (tertiary/aromatic N) is 1. The molecular weight excluding hydrogens is 494 g/mol. The lowest BCUT2D eigenvalue weighted by Crippen LogP contribution is -2.34. The van der Waals surface area contributed by atoms with Crippen LogP contribution in [0.2, 0.25) is 0 Å². The Kier molecular flexibility index (Phi) is 7.91. The molecule has 0 aliphatic heterocycles. The zero-order chi connectivity index (χ0) is 23.1. The van der Waals surface area contributed by atoms with E-state index in [0.717, 1.165) is 6.42 Å². The van der Waals surface area contributed by atoms with Crippen LogP contribution in [0.4, 0.5) is 11.4 Å². The first-order valence-electron chi connectivity index (χ1n) is 9.67. The van der Waals surface area contributed by atoms with Crippen molar-refractivity contribution in [2.24, 2.45) is 0 Å². The minimum absolute atomic E-state index is 0.0149. The molecule has 0 aliphatic carbocycles. The SMILES string of the molecule is Cc1cc([N+](=O)[O-])ccc1NC(=S)NC(=O)c1ccc(OCCc2ccccc2)c(Br)c1. The molecule has 0 unspecified atom stereocenters. The molecule has 0 atom stereocenters. The van der Waals surface area contributed by atoms with Gasteiger partial charge in [-0.15, -0.1) is 0 Å². The van der Waals surface area contributed by atoms with E-state index < -0.39 is 10.8 Å². The van der Waals surface area contributed by atoms with Crippen LogP contribution in [0.25, 0.3) is 0 Å². The summed E-state index contributed by atoms with van der Waals surface area (Å²) in [6.45, 7) is 2.23. The van der Waals surface area contributed by atoms with Crippen LogP contribution in [0.5, 0.6) is 5.75 Å². The Morgan fingerprint density at radius 2 is 1.88 bits per heavy atom. The van der Waals surface area contributed by atoms with Crippen molar-refractivity contribution < 1.29 is 14.5 Å². The molecule has 0 radical (unpaired) electrons. The van der Waals surface area contributed by atoms with Gasteiger partial charge in [-0.05, 0) is 70.5 Å². The molecule has 0 fully saturated rings. The maximum atomic E-state index is 12.5. The molecule has 3 aromatic carbocycles. The van der Waals surface area contributed by atoms with Gasteiger partial charge in [0.05, 0.1) is 16.0 Å². The van der Waals surface area contributed by atoms with Crippen molar-refractivity contribution in [3.8, 4) is 5.75 Å². The number of hydrogen-bond acceptors (Lipinski definition) is 5.